The molecule has 24 heavy (non-hydrogen) atoms. The zero-order valence-electron chi connectivity index (χ0n) is 12.2. The Bertz CT molecular complexity index is 804. The summed E-state index contributed by atoms with van der Waals surface area (Å²) in [6.45, 7) is 0.233. The quantitative estimate of drug-likeness (QED) is 0.776. The standard InChI is InChI=1S/C15H12F3N5O/c16-15(17,18)24-13-8-4-5-11(9-13)19-10-14-20-21-22-23(14)12-6-2-1-3-7-12/h1-9,19H,10H2. The first kappa shape index (κ1) is 15.8. The van der Waals surface area contributed by atoms with Crippen LogP contribution in [0, 0.1) is 0 Å². The van der Waals surface area contributed by atoms with Crippen LogP contribution in [0.2, 0.25) is 0 Å². The molecule has 0 atom stereocenters. The van der Waals surface area contributed by atoms with Crippen molar-refractivity contribution in [3.05, 3.63) is 60.4 Å². The summed E-state index contributed by atoms with van der Waals surface area (Å²) >= 11 is 0. The van der Waals surface area contributed by atoms with Crippen LogP contribution in [0.4, 0.5) is 18.9 Å². The largest absolute Gasteiger partial charge is 0.573 e. The summed E-state index contributed by atoms with van der Waals surface area (Å²) in [7, 11) is 0. The number of alkyl halides is 3. The van der Waals surface area contributed by atoms with Crippen LogP contribution in [0.5, 0.6) is 5.75 Å². The molecule has 0 spiro atoms. The second kappa shape index (κ2) is 6.57. The van der Waals surface area contributed by atoms with E-state index in [1.165, 1.54) is 18.2 Å². The van der Waals surface area contributed by atoms with Crippen LogP contribution in [-0.4, -0.2) is 26.6 Å². The zero-order valence-corrected chi connectivity index (χ0v) is 12.2. The molecule has 1 heterocycles. The van der Waals surface area contributed by atoms with Crippen LogP contribution in [0.3, 0.4) is 0 Å². The molecule has 0 aliphatic carbocycles. The van der Waals surface area contributed by atoms with E-state index in [1.54, 1.807) is 10.7 Å². The minimum Gasteiger partial charge on any atom is -0.406 e. The maximum absolute atomic E-state index is 12.3. The molecule has 0 aliphatic heterocycles. The van der Waals surface area contributed by atoms with Gasteiger partial charge in [0, 0.05) is 11.8 Å². The number of aromatic nitrogens is 4. The maximum atomic E-state index is 12.3. The number of rotatable bonds is 5. The van der Waals surface area contributed by atoms with Crippen molar-refractivity contribution in [2.45, 2.75) is 12.9 Å². The number of nitrogens with one attached hydrogen (secondary N) is 1. The highest BCUT2D eigenvalue weighted by molar-refractivity contribution is 5.48. The lowest BCUT2D eigenvalue weighted by molar-refractivity contribution is -0.274. The SMILES string of the molecule is FC(F)(F)Oc1cccc(NCc2nnnn2-c2ccccc2)c1. The molecular formula is C15H12F3N5O. The van der Waals surface area contributed by atoms with Gasteiger partial charge in [0.25, 0.3) is 0 Å². The molecule has 0 amide bonds. The van der Waals surface area contributed by atoms with Crippen LogP contribution < -0.4 is 10.1 Å². The van der Waals surface area contributed by atoms with E-state index in [0.29, 0.717) is 11.5 Å². The number of nitrogens with zero attached hydrogens (tertiary/aromatic N) is 4. The second-order valence-electron chi connectivity index (χ2n) is 4.77. The van der Waals surface area contributed by atoms with Crippen LogP contribution >= 0.6 is 0 Å². The number of benzene rings is 2. The van der Waals surface area contributed by atoms with Gasteiger partial charge in [-0.05, 0) is 34.7 Å². The summed E-state index contributed by atoms with van der Waals surface area (Å²) in [6, 6.07) is 14.8. The molecule has 6 nitrogen and oxygen atoms in total. The van der Waals surface area contributed by atoms with Crippen molar-refractivity contribution in [3.63, 3.8) is 0 Å². The number of anilines is 1. The summed E-state index contributed by atoms with van der Waals surface area (Å²) in [5.41, 5.74) is 1.24. The van der Waals surface area contributed by atoms with E-state index in [1.807, 2.05) is 30.3 Å². The van der Waals surface area contributed by atoms with Crippen molar-refractivity contribution in [3.8, 4) is 11.4 Å². The van der Waals surface area contributed by atoms with Gasteiger partial charge < -0.3 is 10.1 Å². The van der Waals surface area contributed by atoms with Crippen molar-refractivity contribution < 1.29 is 17.9 Å². The fraction of sp³-hybridized carbons (Fsp3) is 0.133. The Hall–Kier alpha value is -3.10. The highest BCUT2D eigenvalue weighted by Gasteiger charge is 2.31. The zero-order chi connectivity index (χ0) is 17.0. The lowest BCUT2D eigenvalue weighted by Gasteiger charge is -2.11. The molecule has 0 unspecified atom stereocenters. The van der Waals surface area contributed by atoms with Crippen molar-refractivity contribution in [1.82, 2.24) is 20.2 Å². The molecule has 0 saturated carbocycles. The van der Waals surface area contributed by atoms with Crippen LogP contribution in [-0.2, 0) is 6.54 Å². The number of hydrogen-bond donors (Lipinski definition) is 1. The van der Waals surface area contributed by atoms with Crippen LogP contribution in [0.15, 0.2) is 54.6 Å². The average molecular weight is 335 g/mol. The van der Waals surface area contributed by atoms with Gasteiger partial charge in [0.15, 0.2) is 5.82 Å². The minimum absolute atomic E-state index is 0.233. The Morgan fingerprint density at radius 1 is 1.04 bits per heavy atom. The van der Waals surface area contributed by atoms with Crippen LogP contribution in [0.1, 0.15) is 5.82 Å². The van der Waals surface area contributed by atoms with Gasteiger partial charge >= 0.3 is 6.36 Å². The highest BCUT2D eigenvalue weighted by Crippen LogP contribution is 2.25. The van der Waals surface area contributed by atoms with E-state index >= 15 is 0 Å². The molecule has 0 radical (unpaired) electrons. The Balaban J connectivity index is 1.71. The van der Waals surface area contributed by atoms with Crippen molar-refractivity contribution >= 4 is 5.69 Å². The second-order valence-corrected chi connectivity index (χ2v) is 4.77. The molecule has 3 rings (SSSR count). The fourth-order valence-electron chi connectivity index (χ4n) is 2.07. The first-order chi connectivity index (χ1) is 11.5. The lowest BCUT2D eigenvalue weighted by Crippen LogP contribution is -2.17. The molecule has 0 saturated heterocycles. The molecule has 1 aromatic heterocycles. The van der Waals surface area contributed by atoms with E-state index in [9.17, 15) is 13.2 Å². The summed E-state index contributed by atoms with van der Waals surface area (Å²) < 4.78 is 42.2. The van der Waals surface area contributed by atoms with Gasteiger partial charge in [-0.3, -0.25) is 0 Å². The smallest absolute Gasteiger partial charge is 0.406 e. The van der Waals surface area contributed by atoms with E-state index < -0.39 is 6.36 Å². The van der Waals surface area contributed by atoms with Crippen molar-refractivity contribution in [1.29, 1.82) is 0 Å². The third-order valence-electron chi connectivity index (χ3n) is 3.05. The van der Waals surface area contributed by atoms with Gasteiger partial charge in [-0.25, -0.2) is 0 Å². The Morgan fingerprint density at radius 3 is 2.58 bits per heavy atom. The Labute approximate surface area is 134 Å². The predicted octanol–water partition coefficient (Wildman–Crippen LogP) is 3.17. The summed E-state index contributed by atoms with van der Waals surface area (Å²) in [4.78, 5) is 0. The Kier molecular flexibility index (Phi) is 4.32. The minimum atomic E-state index is -4.73. The van der Waals surface area contributed by atoms with Gasteiger partial charge in [0.2, 0.25) is 0 Å². The third kappa shape index (κ3) is 4.00. The van der Waals surface area contributed by atoms with Gasteiger partial charge in [-0.1, -0.05) is 24.3 Å². The molecule has 124 valence electrons. The molecule has 2 aromatic carbocycles. The molecule has 0 bridgehead atoms. The Morgan fingerprint density at radius 2 is 1.83 bits per heavy atom. The number of halogens is 3. The van der Waals surface area contributed by atoms with E-state index in [-0.39, 0.29) is 12.3 Å². The maximum Gasteiger partial charge on any atom is 0.573 e. The van der Waals surface area contributed by atoms with E-state index in [2.05, 4.69) is 25.6 Å². The van der Waals surface area contributed by atoms with Gasteiger partial charge in [-0.15, -0.1) is 18.3 Å². The summed E-state index contributed by atoms with van der Waals surface area (Å²) in [5, 5.41) is 14.4. The van der Waals surface area contributed by atoms with Gasteiger partial charge in [0.1, 0.15) is 5.75 Å². The number of tetrazole rings is 1. The van der Waals surface area contributed by atoms with Gasteiger partial charge in [0.05, 0.1) is 12.2 Å². The number of ether oxygens (including phenoxy) is 1. The number of para-hydroxylation sites is 1. The predicted molar refractivity (Wildman–Crippen MR) is 79.6 cm³/mol. The molecule has 0 fully saturated rings. The number of hydrogen-bond acceptors (Lipinski definition) is 5. The average Bonchev–Trinajstić information content (AvgIpc) is 3.01. The van der Waals surface area contributed by atoms with Crippen molar-refractivity contribution in [2.75, 3.05) is 5.32 Å². The topological polar surface area (TPSA) is 64.9 Å². The normalized spacial score (nSPS) is 11.3. The molecule has 3 aromatic rings. The third-order valence-corrected chi connectivity index (χ3v) is 3.05. The summed E-state index contributed by atoms with van der Waals surface area (Å²) in [6.07, 6.45) is -4.73. The molecular weight excluding hydrogens is 323 g/mol. The monoisotopic (exact) mass is 335 g/mol. The van der Waals surface area contributed by atoms with Crippen LogP contribution in [0.25, 0.3) is 5.69 Å². The van der Waals surface area contributed by atoms with E-state index in [4.69, 9.17) is 0 Å². The first-order valence-corrected chi connectivity index (χ1v) is 6.94. The molecule has 1 N–H and O–H groups in total. The summed E-state index contributed by atoms with van der Waals surface area (Å²) in [5.74, 6) is 0.221. The highest BCUT2D eigenvalue weighted by atomic mass is 19.4. The fourth-order valence-corrected chi connectivity index (χ4v) is 2.07. The molecule has 9 heteroatoms. The van der Waals surface area contributed by atoms with E-state index in [0.717, 1.165) is 5.69 Å². The van der Waals surface area contributed by atoms with Crippen molar-refractivity contribution in [2.24, 2.45) is 0 Å². The van der Waals surface area contributed by atoms with Gasteiger partial charge in [-0.2, -0.15) is 4.68 Å². The lowest BCUT2D eigenvalue weighted by atomic mass is 10.3. The first-order valence-electron chi connectivity index (χ1n) is 6.94. The molecule has 0 aliphatic rings.